The van der Waals surface area contributed by atoms with Crippen LogP contribution in [0.5, 0.6) is 11.5 Å². The summed E-state index contributed by atoms with van der Waals surface area (Å²) in [4.78, 5) is 34.5. The number of hydrogen-bond donors (Lipinski definition) is 3. The summed E-state index contributed by atoms with van der Waals surface area (Å²) in [6.45, 7) is 0. The first-order valence-electron chi connectivity index (χ1n) is 8.26. The number of rotatable bonds is 2. The van der Waals surface area contributed by atoms with Gasteiger partial charge in [-0.2, -0.15) is 5.10 Å². The molecule has 2 amide bonds. The van der Waals surface area contributed by atoms with Crippen LogP contribution >= 0.6 is 0 Å². The first-order chi connectivity index (χ1) is 13.6. The van der Waals surface area contributed by atoms with E-state index in [0.29, 0.717) is 5.69 Å². The second-order valence-corrected chi connectivity index (χ2v) is 6.15. The molecule has 0 bridgehead atoms. The fraction of sp³-hybridized carbons (Fsp3) is 0. The number of benzene rings is 2. The number of nitrogens with one attached hydrogen (secondary N) is 1. The van der Waals surface area contributed by atoms with E-state index in [9.17, 15) is 19.8 Å². The van der Waals surface area contributed by atoms with Gasteiger partial charge in [-0.1, -0.05) is 30.3 Å². The highest BCUT2D eigenvalue weighted by Crippen LogP contribution is 2.43. The van der Waals surface area contributed by atoms with Gasteiger partial charge in [-0.05, 0) is 5.56 Å². The summed E-state index contributed by atoms with van der Waals surface area (Å²) in [5, 5.41) is 27.8. The van der Waals surface area contributed by atoms with Gasteiger partial charge in [-0.3, -0.25) is 14.7 Å². The van der Waals surface area contributed by atoms with E-state index in [2.05, 4.69) is 20.2 Å². The van der Waals surface area contributed by atoms with Crippen molar-refractivity contribution in [3.8, 4) is 22.8 Å². The van der Waals surface area contributed by atoms with Crippen LogP contribution in [0.2, 0.25) is 0 Å². The van der Waals surface area contributed by atoms with Crippen molar-refractivity contribution in [1.29, 1.82) is 0 Å². The lowest BCUT2D eigenvalue weighted by Gasteiger charge is -2.09. The monoisotopic (exact) mass is 373 g/mol. The molecule has 28 heavy (non-hydrogen) atoms. The topological polar surface area (TPSA) is 132 Å². The molecule has 136 valence electrons. The van der Waals surface area contributed by atoms with Gasteiger partial charge in [0.1, 0.15) is 22.2 Å². The quantitative estimate of drug-likeness (QED) is 0.362. The van der Waals surface area contributed by atoms with Gasteiger partial charge in [0.15, 0.2) is 17.3 Å². The number of aromatic amines is 1. The third-order valence-electron chi connectivity index (χ3n) is 4.58. The summed E-state index contributed by atoms with van der Waals surface area (Å²) < 4.78 is 0. The van der Waals surface area contributed by atoms with E-state index in [-0.39, 0.29) is 28.0 Å². The van der Waals surface area contributed by atoms with Crippen molar-refractivity contribution in [2.75, 3.05) is 4.90 Å². The second-order valence-electron chi connectivity index (χ2n) is 6.15. The normalized spacial score (nSPS) is 13.4. The zero-order chi connectivity index (χ0) is 19.4. The summed E-state index contributed by atoms with van der Waals surface area (Å²) in [5.74, 6) is -2.56. The van der Waals surface area contributed by atoms with Crippen LogP contribution in [0.1, 0.15) is 20.7 Å². The number of amides is 2. The highest BCUT2D eigenvalue weighted by atomic mass is 16.3. The van der Waals surface area contributed by atoms with Crippen LogP contribution in [0.3, 0.4) is 0 Å². The van der Waals surface area contributed by atoms with Gasteiger partial charge < -0.3 is 10.2 Å². The fourth-order valence-electron chi connectivity index (χ4n) is 3.29. The van der Waals surface area contributed by atoms with Crippen LogP contribution in [0.25, 0.3) is 22.3 Å². The maximum Gasteiger partial charge on any atom is 0.271 e. The summed E-state index contributed by atoms with van der Waals surface area (Å²) in [6, 6.07) is 10.8. The van der Waals surface area contributed by atoms with E-state index in [1.165, 1.54) is 12.4 Å². The third-order valence-corrected chi connectivity index (χ3v) is 4.58. The molecular weight excluding hydrogens is 362 g/mol. The van der Waals surface area contributed by atoms with Gasteiger partial charge in [-0.15, -0.1) is 0 Å². The Morgan fingerprint density at radius 3 is 2.00 bits per heavy atom. The number of imide groups is 1. The predicted molar refractivity (Wildman–Crippen MR) is 98.0 cm³/mol. The van der Waals surface area contributed by atoms with Gasteiger partial charge in [0.05, 0.1) is 5.69 Å². The van der Waals surface area contributed by atoms with E-state index in [1.54, 1.807) is 6.07 Å². The number of aromatic nitrogens is 4. The molecule has 0 fully saturated rings. The molecule has 0 unspecified atom stereocenters. The van der Waals surface area contributed by atoms with Crippen molar-refractivity contribution in [2.24, 2.45) is 0 Å². The van der Waals surface area contributed by atoms with Crippen LogP contribution in [-0.2, 0) is 0 Å². The summed E-state index contributed by atoms with van der Waals surface area (Å²) >= 11 is 0. The number of nitrogens with zero attached hydrogens (tertiary/aromatic N) is 4. The van der Waals surface area contributed by atoms with Crippen molar-refractivity contribution < 1.29 is 19.8 Å². The zero-order valence-electron chi connectivity index (χ0n) is 14.1. The average Bonchev–Trinajstić information content (AvgIpc) is 3.30. The molecule has 5 rings (SSSR count). The van der Waals surface area contributed by atoms with Crippen LogP contribution < -0.4 is 4.90 Å². The number of fused-ring (bicyclic) bond motifs is 2. The molecule has 0 atom stereocenters. The third kappa shape index (κ3) is 2.04. The summed E-state index contributed by atoms with van der Waals surface area (Å²) in [6.07, 6.45) is 2.62. The Hall–Kier alpha value is -4.27. The molecule has 0 aliphatic carbocycles. The smallest absolute Gasteiger partial charge is 0.271 e. The lowest BCUT2D eigenvalue weighted by atomic mass is 10.1. The SMILES string of the molecule is O=C1c2c(c(O)c3nccnc3c2O)C(=O)N1c1cc(-c2ccccc2)[nH]n1. The molecule has 2 aromatic carbocycles. The highest BCUT2D eigenvalue weighted by Gasteiger charge is 2.44. The standard InChI is InChI=1S/C19H11N5O4/c25-16-12-13(17(26)15-14(16)20-6-7-21-15)19(28)24(18(12)27)11-8-10(22-23-11)9-4-2-1-3-5-9/h1-8,25-26H,(H,22,23). The lowest BCUT2D eigenvalue weighted by molar-refractivity contribution is 0.0924. The number of aromatic hydroxyl groups is 2. The van der Waals surface area contributed by atoms with Gasteiger partial charge in [0.25, 0.3) is 11.8 Å². The first kappa shape index (κ1) is 15.9. The molecule has 9 heteroatoms. The first-order valence-corrected chi connectivity index (χ1v) is 8.26. The minimum atomic E-state index is -0.800. The van der Waals surface area contributed by atoms with E-state index in [4.69, 9.17) is 0 Å². The van der Waals surface area contributed by atoms with Crippen molar-refractivity contribution in [3.63, 3.8) is 0 Å². The van der Waals surface area contributed by atoms with E-state index >= 15 is 0 Å². The van der Waals surface area contributed by atoms with Gasteiger partial charge >= 0.3 is 0 Å². The number of carbonyl (C=O) groups is 2. The molecule has 3 N–H and O–H groups in total. The molecule has 4 aromatic rings. The zero-order valence-corrected chi connectivity index (χ0v) is 14.1. The molecule has 0 saturated heterocycles. The second kappa shape index (κ2) is 5.61. The molecule has 0 spiro atoms. The Morgan fingerprint density at radius 2 is 1.43 bits per heavy atom. The van der Waals surface area contributed by atoms with Gasteiger partial charge in [-0.25, -0.2) is 14.9 Å². The Balaban J connectivity index is 1.66. The number of phenols is 2. The predicted octanol–water partition coefficient (Wildman–Crippen LogP) is 2.23. The molecular formula is C19H11N5O4. The van der Waals surface area contributed by atoms with E-state index < -0.39 is 23.3 Å². The average molecular weight is 373 g/mol. The molecule has 1 aliphatic rings. The van der Waals surface area contributed by atoms with Crippen molar-refractivity contribution in [1.82, 2.24) is 20.2 Å². The number of phenolic OH excluding ortho intramolecular Hbond substituents is 2. The van der Waals surface area contributed by atoms with Crippen LogP contribution in [-0.4, -0.2) is 42.2 Å². The van der Waals surface area contributed by atoms with Gasteiger partial charge in [0.2, 0.25) is 0 Å². The maximum absolute atomic E-state index is 12.9. The molecule has 1 aliphatic heterocycles. The minimum Gasteiger partial charge on any atom is -0.505 e. The van der Waals surface area contributed by atoms with Crippen molar-refractivity contribution in [2.45, 2.75) is 0 Å². The van der Waals surface area contributed by atoms with Crippen LogP contribution in [0, 0.1) is 0 Å². The van der Waals surface area contributed by atoms with Gasteiger partial charge in [0, 0.05) is 18.5 Å². The van der Waals surface area contributed by atoms with Crippen molar-refractivity contribution in [3.05, 3.63) is 59.9 Å². The van der Waals surface area contributed by atoms with Crippen LogP contribution in [0.15, 0.2) is 48.8 Å². The summed E-state index contributed by atoms with van der Waals surface area (Å²) in [5.41, 5.74) is 0.666. The Labute approximate surface area is 156 Å². The van der Waals surface area contributed by atoms with Crippen molar-refractivity contribution >= 4 is 28.7 Å². The molecule has 3 heterocycles. The number of hydrogen-bond acceptors (Lipinski definition) is 7. The molecule has 0 saturated carbocycles. The fourth-order valence-corrected chi connectivity index (χ4v) is 3.29. The summed E-state index contributed by atoms with van der Waals surface area (Å²) in [7, 11) is 0. The minimum absolute atomic E-state index is 0.0498. The lowest BCUT2D eigenvalue weighted by Crippen LogP contribution is -2.29. The Morgan fingerprint density at radius 1 is 0.857 bits per heavy atom. The molecule has 0 radical (unpaired) electrons. The maximum atomic E-state index is 12.9. The number of anilines is 1. The van der Waals surface area contributed by atoms with Crippen LogP contribution in [0.4, 0.5) is 5.82 Å². The Kier molecular flexibility index (Phi) is 3.20. The highest BCUT2D eigenvalue weighted by molar-refractivity contribution is 6.37. The number of H-pyrrole nitrogens is 1. The van der Waals surface area contributed by atoms with E-state index in [1.807, 2.05) is 30.3 Å². The molecule has 2 aromatic heterocycles. The Bertz CT molecular complexity index is 1220. The molecule has 9 nitrogen and oxygen atoms in total. The number of carbonyl (C=O) groups excluding carboxylic acids is 2. The van der Waals surface area contributed by atoms with E-state index in [0.717, 1.165) is 10.5 Å². The largest absolute Gasteiger partial charge is 0.505 e.